The average Bonchev–Trinajstić information content (AvgIpc) is 2.81. The second-order valence-corrected chi connectivity index (χ2v) is 6.88. The Morgan fingerprint density at radius 2 is 1.42 bits per heavy atom. The molecule has 0 atom stereocenters. The summed E-state index contributed by atoms with van der Waals surface area (Å²) in [5.41, 5.74) is 1.47. The van der Waals surface area contributed by atoms with Gasteiger partial charge in [0.2, 0.25) is 5.91 Å². The maximum Gasteiger partial charge on any atom is 0.258 e. The number of benzene rings is 3. The molecule has 2 N–H and O–H groups in total. The van der Waals surface area contributed by atoms with E-state index in [1.54, 1.807) is 38.1 Å². The van der Waals surface area contributed by atoms with Gasteiger partial charge in [0.1, 0.15) is 17.3 Å². The molecule has 0 saturated carbocycles. The van der Waals surface area contributed by atoms with Crippen molar-refractivity contribution in [2.75, 3.05) is 23.8 Å². The quantitative estimate of drug-likeness (QED) is 0.422. The summed E-state index contributed by atoms with van der Waals surface area (Å²) >= 11 is 0. The van der Waals surface area contributed by atoms with Crippen LogP contribution in [0.5, 0.6) is 11.5 Å². The Morgan fingerprint density at radius 1 is 0.848 bits per heavy atom. The van der Waals surface area contributed by atoms with Crippen molar-refractivity contribution in [3.63, 3.8) is 0 Å². The number of rotatable bonds is 9. The molecule has 0 aromatic heterocycles. The lowest BCUT2D eigenvalue weighted by molar-refractivity contribution is -0.111. The van der Waals surface area contributed by atoms with E-state index in [-0.39, 0.29) is 11.5 Å². The average molecular weight is 448 g/mol. The Balaban J connectivity index is 1.87. The van der Waals surface area contributed by atoms with E-state index in [9.17, 15) is 14.0 Å². The summed E-state index contributed by atoms with van der Waals surface area (Å²) in [7, 11) is 0. The zero-order valence-corrected chi connectivity index (χ0v) is 18.4. The summed E-state index contributed by atoms with van der Waals surface area (Å²) in [6, 6.07) is 18.2. The monoisotopic (exact) mass is 448 g/mol. The van der Waals surface area contributed by atoms with Crippen LogP contribution >= 0.6 is 0 Å². The molecule has 3 aromatic carbocycles. The third-order valence-corrected chi connectivity index (χ3v) is 4.53. The van der Waals surface area contributed by atoms with Crippen LogP contribution in [0.2, 0.25) is 0 Å². The topological polar surface area (TPSA) is 76.7 Å². The van der Waals surface area contributed by atoms with Crippen molar-refractivity contribution in [2.45, 2.75) is 13.8 Å². The Kier molecular flexibility index (Phi) is 8.18. The summed E-state index contributed by atoms with van der Waals surface area (Å²) in [5.74, 6) is -0.962. The van der Waals surface area contributed by atoms with Crippen molar-refractivity contribution in [1.29, 1.82) is 0 Å². The second-order valence-electron chi connectivity index (χ2n) is 6.88. The number of carbonyl (C=O) groups is 2. The zero-order chi connectivity index (χ0) is 23.6. The minimum atomic E-state index is -0.632. The van der Waals surface area contributed by atoms with Crippen LogP contribution in [0.3, 0.4) is 0 Å². The molecule has 170 valence electrons. The first kappa shape index (κ1) is 23.5. The summed E-state index contributed by atoms with van der Waals surface area (Å²) < 4.78 is 25.3. The lowest BCUT2D eigenvalue weighted by atomic mass is 10.1. The van der Waals surface area contributed by atoms with Crippen LogP contribution in [0.25, 0.3) is 6.08 Å². The third kappa shape index (κ3) is 6.43. The van der Waals surface area contributed by atoms with Crippen LogP contribution < -0.4 is 20.1 Å². The van der Waals surface area contributed by atoms with Crippen LogP contribution in [0.4, 0.5) is 15.8 Å². The number of halogens is 1. The van der Waals surface area contributed by atoms with E-state index < -0.39 is 11.7 Å². The molecule has 0 bridgehead atoms. The fourth-order valence-corrected chi connectivity index (χ4v) is 3.05. The van der Waals surface area contributed by atoms with Gasteiger partial charge in [-0.15, -0.1) is 0 Å². The maximum atomic E-state index is 14.0. The molecule has 0 saturated heterocycles. The van der Waals surface area contributed by atoms with E-state index in [1.165, 1.54) is 24.3 Å². The number of anilines is 2. The number of ether oxygens (including phenoxy) is 2. The first-order valence-corrected chi connectivity index (χ1v) is 10.6. The largest absolute Gasteiger partial charge is 0.492 e. The van der Waals surface area contributed by atoms with E-state index in [0.717, 1.165) is 5.56 Å². The minimum absolute atomic E-state index is 0.0960. The van der Waals surface area contributed by atoms with Gasteiger partial charge < -0.3 is 20.1 Å². The van der Waals surface area contributed by atoms with Crippen LogP contribution in [0.15, 0.2) is 72.8 Å². The van der Waals surface area contributed by atoms with Crippen LogP contribution in [0.1, 0.15) is 29.8 Å². The van der Waals surface area contributed by atoms with Gasteiger partial charge in [0.25, 0.3) is 5.91 Å². The molecule has 0 aliphatic carbocycles. The molecule has 2 amide bonds. The molecule has 6 nitrogen and oxygen atoms in total. The van der Waals surface area contributed by atoms with Crippen molar-refractivity contribution >= 4 is 29.3 Å². The van der Waals surface area contributed by atoms with Gasteiger partial charge in [0.05, 0.1) is 30.2 Å². The van der Waals surface area contributed by atoms with Crippen molar-refractivity contribution in [1.82, 2.24) is 0 Å². The van der Waals surface area contributed by atoms with Gasteiger partial charge in [0.15, 0.2) is 0 Å². The predicted molar refractivity (Wildman–Crippen MR) is 127 cm³/mol. The Hall–Kier alpha value is -4.13. The van der Waals surface area contributed by atoms with Crippen molar-refractivity contribution in [3.8, 4) is 11.5 Å². The molecular formula is C26H25FN2O4. The second kappa shape index (κ2) is 11.5. The van der Waals surface area contributed by atoms with E-state index >= 15 is 0 Å². The van der Waals surface area contributed by atoms with Crippen LogP contribution in [-0.2, 0) is 4.79 Å². The molecule has 7 heteroatoms. The molecule has 0 aliphatic heterocycles. The van der Waals surface area contributed by atoms with Crippen LogP contribution in [0, 0.1) is 5.82 Å². The van der Waals surface area contributed by atoms with E-state index in [4.69, 9.17) is 9.47 Å². The standard InChI is InChI=1S/C26H25FN2O4/c1-3-32-23-17-22(29-26(31)19-12-8-9-13-20(19)27)24(33-4-2)16-21(23)28-25(30)15-14-18-10-6-5-7-11-18/h5-17H,3-4H2,1-2H3,(H,28,30)(H,29,31)/b15-14+. The number of nitrogens with one attached hydrogen (secondary N) is 2. The fraction of sp³-hybridized carbons (Fsp3) is 0.154. The molecule has 0 radical (unpaired) electrons. The maximum absolute atomic E-state index is 14.0. The molecule has 3 rings (SSSR count). The highest BCUT2D eigenvalue weighted by molar-refractivity contribution is 6.06. The lowest BCUT2D eigenvalue weighted by Crippen LogP contribution is -2.16. The predicted octanol–water partition coefficient (Wildman–Crippen LogP) is 5.53. The van der Waals surface area contributed by atoms with Gasteiger partial charge in [-0.3, -0.25) is 9.59 Å². The van der Waals surface area contributed by atoms with Crippen molar-refractivity contribution in [3.05, 3.63) is 89.8 Å². The molecular weight excluding hydrogens is 423 g/mol. The van der Waals surface area contributed by atoms with Crippen LogP contribution in [-0.4, -0.2) is 25.0 Å². The number of carbonyl (C=O) groups excluding carboxylic acids is 2. The Bertz CT molecular complexity index is 1150. The molecule has 0 aliphatic rings. The third-order valence-electron chi connectivity index (χ3n) is 4.53. The number of hydrogen-bond donors (Lipinski definition) is 2. The number of amides is 2. The van der Waals surface area contributed by atoms with E-state index in [1.807, 2.05) is 30.3 Å². The molecule has 0 spiro atoms. The fourth-order valence-electron chi connectivity index (χ4n) is 3.05. The van der Waals surface area contributed by atoms with Gasteiger partial charge in [0, 0.05) is 18.2 Å². The van der Waals surface area contributed by atoms with E-state index in [0.29, 0.717) is 36.1 Å². The summed E-state index contributed by atoms with van der Waals surface area (Å²) in [4.78, 5) is 25.1. The smallest absolute Gasteiger partial charge is 0.258 e. The van der Waals surface area contributed by atoms with Gasteiger partial charge in [-0.1, -0.05) is 42.5 Å². The molecule has 0 unspecified atom stereocenters. The Labute approximate surface area is 192 Å². The highest BCUT2D eigenvalue weighted by Gasteiger charge is 2.18. The molecule has 0 fully saturated rings. The van der Waals surface area contributed by atoms with Crippen molar-refractivity contribution in [2.24, 2.45) is 0 Å². The molecule has 33 heavy (non-hydrogen) atoms. The van der Waals surface area contributed by atoms with Crippen molar-refractivity contribution < 1.29 is 23.5 Å². The molecule has 3 aromatic rings. The normalized spacial score (nSPS) is 10.6. The lowest BCUT2D eigenvalue weighted by Gasteiger charge is -2.17. The summed E-state index contributed by atoms with van der Waals surface area (Å²) in [6.45, 7) is 4.24. The van der Waals surface area contributed by atoms with E-state index in [2.05, 4.69) is 10.6 Å². The van der Waals surface area contributed by atoms with Gasteiger partial charge in [-0.2, -0.15) is 0 Å². The minimum Gasteiger partial charge on any atom is -0.492 e. The first-order valence-electron chi connectivity index (χ1n) is 10.6. The van der Waals surface area contributed by atoms with Gasteiger partial charge in [-0.05, 0) is 37.6 Å². The highest BCUT2D eigenvalue weighted by Crippen LogP contribution is 2.37. The first-order chi connectivity index (χ1) is 16.0. The van der Waals surface area contributed by atoms with Gasteiger partial charge in [-0.25, -0.2) is 4.39 Å². The summed E-state index contributed by atoms with van der Waals surface area (Å²) in [6.07, 6.45) is 3.11. The number of hydrogen-bond acceptors (Lipinski definition) is 4. The summed E-state index contributed by atoms with van der Waals surface area (Å²) in [5, 5.41) is 5.45. The SMILES string of the molecule is CCOc1cc(NC(=O)c2ccccc2F)c(OCC)cc1NC(=O)/C=C/c1ccccc1. The molecule has 0 heterocycles. The highest BCUT2D eigenvalue weighted by atomic mass is 19.1. The Morgan fingerprint density at radius 3 is 2.03 bits per heavy atom. The van der Waals surface area contributed by atoms with Gasteiger partial charge >= 0.3 is 0 Å². The zero-order valence-electron chi connectivity index (χ0n) is 18.4.